The number of nitrogens with zero attached hydrogens (tertiary/aromatic N) is 1. The zero-order valence-corrected chi connectivity index (χ0v) is 10.6. The van der Waals surface area contributed by atoms with E-state index in [2.05, 4.69) is 10.3 Å². The summed E-state index contributed by atoms with van der Waals surface area (Å²) in [6.07, 6.45) is 0. The molecule has 0 saturated heterocycles. The van der Waals surface area contributed by atoms with Crippen LogP contribution in [0.1, 0.15) is 6.92 Å². The van der Waals surface area contributed by atoms with Crippen LogP contribution in [0.2, 0.25) is 0 Å². The molecule has 1 amide bonds. The number of fused-ring (bicyclic) bond motifs is 3. The van der Waals surface area contributed by atoms with Crippen LogP contribution in [-0.4, -0.2) is 15.8 Å². The Bertz CT molecular complexity index is 851. The number of carbonyl (C=O) groups excluding carboxylic acids is 1. The maximum atomic E-state index is 11.4. The van der Waals surface area contributed by atoms with E-state index in [1.165, 1.54) is 13.0 Å². The fraction of sp³-hybridized carbons (Fsp3) is 0.0714. The lowest BCUT2D eigenvalue weighted by molar-refractivity contribution is -0.382. The summed E-state index contributed by atoms with van der Waals surface area (Å²) in [4.78, 5) is 25.3. The molecule has 20 heavy (non-hydrogen) atoms. The minimum atomic E-state index is -0.464. The molecular weight excluding hydrogens is 258 g/mol. The van der Waals surface area contributed by atoms with Gasteiger partial charge < -0.3 is 10.3 Å². The molecule has 6 heteroatoms. The van der Waals surface area contributed by atoms with Crippen LogP contribution >= 0.6 is 0 Å². The van der Waals surface area contributed by atoms with Crippen molar-refractivity contribution in [1.29, 1.82) is 0 Å². The molecule has 0 aliphatic carbocycles. The average molecular weight is 269 g/mol. The Kier molecular flexibility index (Phi) is 2.64. The largest absolute Gasteiger partial charge is 0.354 e. The smallest absolute Gasteiger partial charge is 0.302 e. The molecule has 0 atom stereocenters. The van der Waals surface area contributed by atoms with Gasteiger partial charge in [0, 0.05) is 17.8 Å². The van der Waals surface area contributed by atoms with Crippen LogP contribution in [0, 0.1) is 10.1 Å². The van der Waals surface area contributed by atoms with Gasteiger partial charge in [-0.15, -0.1) is 0 Å². The van der Waals surface area contributed by atoms with E-state index in [9.17, 15) is 14.9 Å². The third-order valence-electron chi connectivity index (χ3n) is 3.14. The summed E-state index contributed by atoms with van der Waals surface area (Å²) in [6, 6.07) is 10.6. The van der Waals surface area contributed by atoms with Gasteiger partial charge in [0.05, 0.1) is 15.8 Å². The number of hydrogen-bond acceptors (Lipinski definition) is 3. The summed E-state index contributed by atoms with van der Waals surface area (Å²) in [5.41, 5.74) is 1.62. The molecule has 1 aromatic heterocycles. The number of carbonyl (C=O) groups is 1. The van der Waals surface area contributed by atoms with Crippen molar-refractivity contribution in [1.82, 2.24) is 4.98 Å². The molecule has 1 heterocycles. The second-order valence-electron chi connectivity index (χ2n) is 4.49. The average Bonchev–Trinajstić information content (AvgIpc) is 2.76. The fourth-order valence-corrected chi connectivity index (χ4v) is 2.40. The first-order valence-electron chi connectivity index (χ1n) is 6.03. The Balaban J connectivity index is 2.43. The Labute approximate surface area is 113 Å². The van der Waals surface area contributed by atoms with E-state index >= 15 is 0 Å². The lowest BCUT2D eigenvalue weighted by atomic mass is 10.1. The second kappa shape index (κ2) is 4.34. The van der Waals surface area contributed by atoms with Crippen LogP contribution in [0.4, 0.5) is 11.4 Å². The Morgan fingerprint density at radius 1 is 1.20 bits per heavy atom. The number of para-hydroxylation sites is 1. The van der Waals surface area contributed by atoms with Gasteiger partial charge in [-0.3, -0.25) is 14.9 Å². The number of aromatic amines is 1. The number of amides is 1. The maximum Gasteiger partial charge on any atom is 0.302 e. The predicted octanol–water partition coefficient (Wildman–Crippen LogP) is 3.19. The Morgan fingerprint density at radius 3 is 2.65 bits per heavy atom. The summed E-state index contributed by atoms with van der Waals surface area (Å²) >= 11 is 0. The number of H-pyrrole nitrogens is 1. The van der Waals surface area contributed by atoms with Gasteiger partial charge >= 0.3 is 5.69 Å². The molecule has 0 aliphatic rings. The van der Waals surface area contributed by atoms with E-state index in [4.69, 9.17) is 0 Å². The van der Waals surface area contributed by atoms with Gasteiger partial charge in [-0.05, 0) is 18.2 Å². The summed E-state index contributed by atoms with van der Waals surface area (Å²) < 4.78 is 0. The van der Waals surface area contributed by atoms with Gasteiger partial charge in [0.2, 0.25) is 5.91 Å². The van der Waals surface area contributed by atoms with E-state index in [1.807, 2.05) is 24.3 Å². The second-order valence-corrected chi connectivity index (χ2v) is 4.49. The van der Waals surface area contributed by atoms with Gasteiger partial charge in [0.1, 0.15) is 5.69 Å². The lowest BCUT2D eigenvalue weighted by Crippen LogP contribution is -2.08. The Morgan fingerprint density at radius 2 is 1.95 bits per heavy atom. The summed E-state index contributed by atoms with van der Waals surface area (Å²) in [7, 11) is 0. The van der Waals surface area contributed by atoms with Gasteiger partial charge in [-0.2, -0.15) is 0 Å². The molecule has 0 radical (unpaired) electrons. The van der Waals surface area contributed by atoms with Crippen molar-refractivity contribution in [2.45, 2.75) is 6.92 Å². The van der Waals surface area contributed by atoms with E-state index in [0.29, 0.717) is 10.9 Å². The molecule has 2 N–H and O–H groups in total. The summed E-state index contributed by atoms with van der Waals surface area (Å²) in [5, 5.41) is 15.2. The van der Waals surface area contributed by atoms with Gasteiger partial charge in [-0.25, -0.2) is 0 Å². The van der Waals surface area contributed by atoms with E-state index in [-0.39, 0.29) is 17.3 Å². The number of nitro benzene ring substituents is 1. The van der Waals surface area contributed by atoms with Crippen LogP contribution < -0.4 is 5.32 Å². The van der Waals surface area contributed by atoms with Crippen molar-refractivity contribution in [3.8, 4) is 0 Å². The highest BCUT2D eigenvalue weighted by Crippen LogP contribution is 2.38. The van der Waals surface area contributed by atoms with Crippen LogP contribution in [0.15, 0.2) is 36.4 Å². The number of anilines is 1. The highest BCUT2D eigenvalue weighted by molar-refractivity contribution is 6.15. The number of nitrogens with one attached hydrogen (secondary N) is 2. The minimum Gasteiger partial charge on any atom is -0.354 e. The quantitative estimate of drug-likeness (QED) is 0.553. The number of hydrogen-bond donors (Lipinski definition) is 2. The zero-order valence-electron chi connectivity index (χ0n) is 10.6. The number of aromatic nitrogens is 1. The first-order chi connectivity index (χ1) is 9.58. The molecular formula is C14H11N3O3. The predicted molar refractivity (Wildman–Crippen MR) is 76.8 cm³/mol. The molecule has 6 nitrogen and oxygen atoms in total. The topological polar surface area (TPSA) is 88.0 Å². The molecule has 0 aliphatic heterocycles. The number of rotatable bonds is 2. The molecule has 0 bridgehead atoms. The molecule has 100 valence electrons. The van der Waals surface area contributed by atoms with Gasteiger partial charge in [-0.1, -0.05) is 18.2 Å². The monoisotopic (exact) mass is 269 g/mol. The highest BCUT2D eigenvalue weighted by atomic mass is 16.6. The normalized spacial score (nSPS) is 10.8. The Hall–Kier alpha value is -2.89. The lowest BCUT2D eigenvalue weighted by Gasteiger charge is -2.04. The highest BCUT2D eigenvalue weighted by Gasteiger charge is 2.22. The van der Waals surface area contributed by atoms with Crippen LogP contribution in [-0.2, 0) is 4.79 Å². The van der Waals surface area contributed by atoms with Crippen LogP contribution in [0.5, 0.6) is 0 Å². The first-order valence-corrected chi connectivity index (χ1v) is 6.03. The standard InChI is InChI=1S/C14H11N3O3/c1-8(18)15-12-7-6-11-13(14(12)17(19)20)9-4-2-3-5-10(9)16-11/h2-7,16H,1H3,(H,15,18). The third-order valence-corrected chi connectivity index (χ3v) is 3.14. The zero-order chi connectivity index (χ0) is 14.3. The van der Waals surface area contributed by atoms with Gasteiger partial charge in [0.15, 0.2) is 0 Å². The SMILES string of the molecule is CC(=O)Nc1ccc2[nH]c3ccccc3c2c1[N+](=O)[O-]. The van der Waals surface area contributed by atoms with Crippen molar-refractivity contribution in [3.63, 3.8) is 0 Å². The summed E-state index contributed by atoms with van der Waals surface area (Å²) in [6.45, 7) is 1.32. The van der Waals surface area contributed by atoms with Crippen molar-refractivity contribution in [2.75, 3.05) is 5.32 Å². The van der Waals surface area contributed by atoms with E-state index in [1.54, 1.807) is 6.07 Å². The first kappa shape index (κ1) is 12.2. The minimum absolute atomic E-state index is 0.0878. The van der Waals surface area contributed by atoms with Gasteiger partial charge in [0.25, 0.3) is 0 Å². The van der Waals surface area contributed by atoms with E-state index in [0.717, 1.165) is 10.9 Å². The molecule has 0 unspecified atom stereocenters. The number of nitro groups is 1. The molecule has 0 fully saturated rings. The summed E-state index contributed by atoms with van der Waals surface area (Å²) in [5.74, 6) is -0.340. The third kappa shape index (κ3) is 1.78. The molecule has 3 rings (SSSR count). The molecule has 0 saturated carbocycles. The van der Waals surface area contributed by atoms with E-state index < -0.39 is 4.92 Å². The fourth-order valence-electron chi connectivity index (χ4n) is 2.40. The van der Waals surface area contributed by atoms with Crippen molar-refractivity contribution >= 4 is 39.1 Å². The van der Waals surface area contributed by atoms with Crippen molar-refractivity contribution in [3.05, 3.63) is 46.5 Å². The van der Waals surface area contributed by atoms with Crippen LogP contribution in [0.3, 0.4) is 0 Å². The van der Waals surface area contributed by atoms with Crippen LogP contribution in [0.25, 0.3) is 21.8 Å². The van der Waals surface area contributed by atoms with Crippen molar-refractivity contribution < 1.29 is 9.72 Å². The molecule has 3 aromatic rings. The molecule has 0 spiro atoms. The molecule has 2 aromatic carbocycles. The van der Waals surface area contributed by atoms with Crippen molar-refractivity contribution in [2.24, 2.45) is 0 Å². The maximum absolute atomic E-state index is 11.4. The number of benzene rings is 2.